The summed E-state index contributed by atoms with van der Waals surface area (Å²) < 4.78 is 5.54. The van der Waals surface area contributed by atoms with Crippen molar-refractivity contribution in [1.82, 2.24) is 5.32 Å². The van der Waals surface area contributed by atoms with Gasteiger partial charge in [0.1, 0.15) is 24.5 Å². The van der Waals surface area contributed by atoms with Gasteiger partial charge in [-0.2, -0.15) is 5.26 Å². The molecule has 4 heteroatoms. The normalized spacial score (nSPS) is 18.1. The zero-order chi connectivity index (χ0) is 15.1. The van der Waals surface area contributed by atoms with Gasteiger partial charge in [-0.05, 0) is 37.8 Å². The summed E-state index contributed by atoms with van der Waals surface area (Å²) in [6, 6.07) is 9.60. The number of hydrogen-bond acceptors (Lipinski definition) is 4. The highest BCUT2D eigenvalue weighted by molar-refractivity contribution is 5.42. The minimum Gasteiger partial charge on any atom is -0.489 e. The van der Waals surface area contributed by atoms with Crippen LogP contribution in [0.1, 0.15) is 38.2 Å². The van der Waals surface area contributed by atoms with Gasteiger partial charge in [0, 0.05) is 12.6 Å². The fourth-order valence-corrected chi connectivity index (χ4v) is 2.88. The first-order valence-electron chi connectivity index (χ1n) is 7.74. The van der Waals surface area contributed by atoms with E-state index in [0.29, 0.717) is 23.9 Å². The fourth-order valence-electron chi connectivity index (χ4n) is 2.88. The maximum Gasteiger partial charge on any atom is 0.137 e. The quantitative estimate of drug-likeness (QED) is 0.809. The Kier molecular flexibility index (Phi) is 6.04. The standard InChI is InChI=1S/C17H24N2O2/c1-13(14-6-2-3-7-14)19-11-16(20)12-21-17-9-5-4-8-15(17)10-18/h4-5,8-9,13-14,16,19-20H,2-3,6-7,11-12H2,1H3/t13-,16?/m1/s1. The van der Waals surface area contributed by atoms with Crippen molar-refractivity contribution in [3.63, 3.8) is 0 Å². The van der Waals surface area contributed by atoms with Crippen LogP contribution >= 0.6 is 0 Å². The average molecular weight is 288 g/mol. The van der Waals surface area contributed by atoms with Gasteiger partial charge in [-0.3, -0.25) is 0 Å². The number of nitrogens with zero attached hydrogens (tertiary/aromatic N) is 1. The molecule has 1 fully saturated rings. The number of para-hydroxylation sites is 1. The van der Waals surface area contributed by atoms with Gasteiger partial charge in [0.05, 0.1) is 5.56 Å². The highest BCUT2D eigenvalue weighted by atomic mass is 16.5. The number of aliphatic hydroxyl groups excluding tert-OH is 1. The highest BCUT2D eigenvalue weighted by Gasteiger charge is 2.21. The zero-order valence-corrected chi connectivity index (χ0v) is 12.6. The minimum absolute atomic E-state index is 0.197. The number of aliphatic hydroxyl groups is 1. The lowest BCUT2D eigenvalue weighted by Gasteiger charge is -2.22. The van der Waals surface area contributed by atoms with E-state index < -0.39 is 6.10 Å². The summed E-state index contributed by atoms with van der Waals surface area (Å²) in [7, 11) is 0. The first kappa shape index (κ1) is 15.8. The molecule has 0 aromatic heterocycles. The van der Waals surface area contributed by atoms with Crippen LogP contribution in [0.4, 0.5) is 0 Å². The van der Waals surface area contributed by atoms with E-state index in [-0.39, 0.29) is 6.61 Å². The number of ether oxygens (including phenoxy) is 1. The van der Waals surface area contributed by atoms with E-state index in [1.54, 1.807) is 18.2 Å². The van der Waals surface area contributed by atoms with Crippen LogP contribution in [0.15, 0.2) is 24.3 Å². The van der Waals surface area contributed by atoms with Crippen LogP contribution in [0.25, 0.3) is 0 Å². The Morgan fingerprint density at radius 3 is 2.81 bits per heavy atom. The second-order valence-corrected chi connectivity index (χ2v) is 5.81. The van der Waals surface area contributed by atoms with Gasteiger partial charge >= 0.3 is 0 Å². The third-order valence-electron chi connectivity index (χ3n) is 4.22. The van der Waals surface area contributed by atoms with Crippen molar-refractivity contribution in [1.29, 1.82) is 5.26 Å². The predicted molar refractivity (Wildman–Crippen MR) is 82.1 cm³/mol. The molecular formula is C17H24N2O2. The van der Waals surface area contributed by atoms with Crippen molar-refractivity contribution in [3.05, 3.63) is 29.8 Å². The van der Waals surface area contributed by atoms with Gasteiger partial charge in [-0.15, -0.1) is 0 Å². The van der Waals surface area contributed by atoms with Gasteiger partial charge in [0.25, 0.3) is 0 Å². The second kappa shape index (κ2) is 8.02. The SMILES string of the molecule is C[C@@H](NCC(O)COc1ccccc1C#N)C1CCCC1. The van der Waals surface area contributed by atoms with Crippen molar-refractivity contribution in [3.8, 4) is 11.8 Å². The van der Waals surface area contributed by atoms with Crippen molar-refractivity contribution in [2.24, 2.45) is 5.92 Å². The maximum absolute atomic E-state index is 10.00. The molecule has 0 heterocycles. The zero-order valence-electron chi connectivity index (χ0n) is 12.6. The van der Waals surface area contributed by atoms with Crippen LogP contribution in [-0.4, -0.2) is 30.4 Å². The Labute approximate surface area is 126 Å². The van der Waals surface area contributed by atoms with E-state index in [2.05, 4.69) is 18.3 Å². The Morgan fingerprint density at radius 1 is 1.38 bits per heavy atom. The number of nitrogens with one attached hydrogen (secondary N) is 1. The van der Waals surface area contributed by atoms with Crippen LogP contribution in [0.2, 0.25) is 0 Å². The van der Waals surface area contributed by atoms with Gasteiger partial charge in [-0.25, -0.2) is 0 Å². The molecule has 0 amide bonds. The van der Waals surface area contributed by atoms with E-state index in [9.17, 15) is 5.11 Å². The molecule has 1 aliphatic rings. The summed E-state index contributed by atoms with van der Waals surface area (Å²) in [5.41, 5.74) is 0.497. The molecule has 21 heavy (non-hydrogen) atoms. The largest absolute Gasteiger partial charge is 0.489 e. The van der Waals surface area contributed by atoms with E-state index in [1.807, 2.05) is 6.07 Å². The van der Waals surface area contributed by atoms with Crippen LogP contribution in [0.3, 0.4) is 0 Å². The van der Waals surface area contributed by atoms with Crippen LogP contribution < -0.4 is 10.1 Å². The second-order valence-electron chi connectivity index (χ2n) is 5.81. The molecule has 0 aliphatic heterocycles. The molecule has 114 valence electrons. The van der Waals surface area contributed by atoms with Crippen LogP contribution in [0, 0.1) is 17.2 Å². The molecule has 0 bridgehead atoms. The predicted octanol–water partition coefficient (Wildman–Crippen LogP) is 2.47. The maximum atomic E-state index is 10.00. The van der Waals surface area contributed by atoms with E-state index in [4.69, 9.17) is 10.00 Å². The smallest absolute Gasteiger partial charge is 0.137 e. The molecule has 4 nitrogen and oxygen atoms in total. The minimum atomic E-state index is -0.569. The molecule has 2 atom stereocenters. The summed E-state index contributed by atoms with van der Waals surface area (Å²) in [6.07, 6.45) is 4.66. The Morgan fingerprint density at radius 2 is 2.10 bits per heavy atom. The number of rotatable bonds is 7. The Bertz CT molecular complexity index is 478. The Hall–Kier alpha value is -1.57. The first-order chi connectivity index (χ1) is 10.2. The van der Waals surface area contributed by atoms with Crippen molar-refractivity contribution in [2.45, 2.75) is 44.8 Å². The summed E-state index contributed by atoms with van der Waals surface area (Å²) in [5, 5.41) is 22.4. The third kappa shape index (κ3) is 4.73. The Balaban J connectivity index is 1.72. The molecule has 0 spiro atoms. The summed E-state index contributed by atoms with van der Waals surface area (Å²) in [4.78, 5) is 0. The molecule has 1 aliphatic carbocycles. The van der Waals surface area contributed by atoms with E-state index >= 15 is 0 Å². The monoisotopic (exact) mass is 288 g/mol. The van der Waals surface area contributed by atoms with Gasteiger partial charge in [0.15, 0.2) is 0 Å². The molecule has 0 saturated heterocycles. The lowest BCUT2D eigenvalue weighted by Crippen LogP contribution is -2.39. The van der Waals surface area contributed by atoms with Crippen molar-refractivity contribution in [2.75, 3.05) is 13.2 Å². The van der Waals surface area contributed by atoms with Crippen LogP contribution in [0.5, 0.6) is 5.75 Å². The van der Waals surface area contributed by atoms with Gasteiger partial charge in [0.2, 0.25) is 0 Å². The fraction of sp³-hybridized carbons (Fsp3) is 0.588. The lowest BCUT2D eigenvalue weighted by molar-refractivity contribution is 0.101. The van der Waals surface area contributed by atoms with Gasteiger partial charge in [-0.1, -0.05) is 25.0 Å². The molecule has 1 saturated carbocycles. The number of hydrogen-bond donors (Lipinski definition) is 2. The lowest BCUT2D eigenvalue weighted by atomic mass is 10.00. The summed E-state index contributed by atoms with van der Waals surface area (Å²) in [6.45, 7) is 2.91. The summed E-state index contributed by atoms with van der Waals surface area (Å²) in [5.74, 6) is 1.26. The molecule has 1 unspecified atom stereocenters. The first-order valence-corrected chi connectivity index (χ1v) is 7.74. The average Bonchev–Trinajstić information content (AvgIpc) is 3.05. The topological polar surface area (TPSA) is 65.3 Å². The molecule has 2 N–H and O–H groups in total. The summed E-state index contributed by atoms with van der Waals surface area (Å²) >= 11 is 0. The van der Waals surface area contributed by atoms with Crippen molar-refractivity contribution >= 4 is 0 Å². The highest BCUT2D eigenvalue weighted by Crippen LogP contribution is 2.27. The van der Waals surface area contributed by atoms with Crippen molar-refractivity contribution < 1.29 is 9.84 Å². The van der Waals surface area contributed by atoms with E-state index in [1.165, 1.54) is 25.7 Å². The molecule has 2 rings (SSSR count). The molecule has 0 radical (unpaired) electrons. The van der Waals surface area contributed by atoms with E-state index in [0.717, 1.165) is 5.92 Å². The molecule has 1 aromatic rings. The molecular weight excluding hydrogens is 264 g/mol. The van der Waals surface area contributed by atoms with Gasteiger partial charge < -0.3 is 15.2 Å². The third-order valence-corrected chi connectivity index (χ3v) is 4.22. The molecule has 1 aromatic carbocycles. The van der Waals surface area contributed by atoms with Crippen LogP contribution in [-0.2, 0) is 0 Å². The number of benzene rings is 1. The number of nitriles is 1.